The minimum atomic E-state index is -0.392. The maximum atomic E-state index is 11.6. The van der Waals surface area contributed by atoms with Crippen molar-refractivity contribution in [2.45, 2.75) is 25.7 Å². The Balaban J connectivity index is 2.08. The van der Waals surface area contributed by atoms with Crippen LogP contribution in [0.2, 0.25) is 5.02 Å². The summed E-state index contributed by atoms with van der Waals surface area (Å²) < 4.78 is 0. The molecular weight excluding hydrogens is 296 g/mol. The average molecular weight is 313 g/mol. The monoisotopic (exact) mass is 312 g/mol. The molecule has 1 aromatic carbocycles. The van der Waals surface area contributed by atoms with Gasteiger partial charge in [0.15, 0.2) is 0 Å². The number of carbonyl (C=O) groups is 2. The van der Waals surface area contributed by atoms with Gasteiger partial charge in [0.2, 0.25) is 5.91 Å². The zero-order chi connectivity index (χ0) is 15.5. The molecule has 21 heavy (non-hydrogen) atoms. The molecule has 0 atom stereocenters. The van der Waals surface area contributed by atoms with Gasteiger partial charge in [0.25, 0.3) is 0 Å². The Morgan fingerprint density at radius 2 is 2.00 bits per heavy atom. The molecular formula is C13H17ClN4O3. The standard InChI is InChI=1S/C13H17ClN4O3/c14-10-5-4-6-11(9-10)16-13(20)15-8-3-1-2-7-12(19)17-18-21/h4-6,9H,1-3,7-8H2,(H2,15,16,20)(H,17,19,21). The van der Waals surface area contributed by atoms with Gasteiger partial charge in [0, 0.05) is 23.7 Å². The summed E-state index contributed by atoms with van der Waals surface area (Å²) in [6.45, 7) is 0.500. The maximum Gasteiger partial charge on any atom is 0.319 e. The highest BCUT2D eigenvalue weighted by atomic mass is 35.5. The first kappa shape index (κ1) is 16.9. The normalized spacial score (nSPS) is 9.76. The minimum Gasteiger partial charge on any atom is -0.338 e. The van der Waals surface area contributed by atoms with Crippen molar-refractivity contribution >= 4 is 29.2 Å². The van der Waals surface area contributed by atoms with Crippen molar-refractivity contribution in [3.63, 3.8) is 0 Å². The zero-order valence-corrected chi connectivity index (χ0v) is 12.2. The fourth-order valence-electron chi connectivity index (χ4n) is 1.64. The van der Waals surface area contributed by atoms with E-state index >= 15 is 0 Å². The fourth-order valence-corrected chi connectivity index (χ4v) is 1.83. The van der Waals surface area contributed by atoms with E-state index in [9.17, 15) is 14.5 Å². The largest absolute Gasteiger partial charge is 0.338 e. The Hall–Kier alpha value is -2.15. The number of halogens is 1. The predicted molar refractivity (Wildman–Crippen MR) is 80.9 cm³/mol. The number of nitrogens with one attached hydrogen (secondary N) is 3. The van der Waals surface area contributed by atoms with Crippen molar-refractivity contribution in [2.24, 2.45) is 5.29 Å². The Morgan fingerprint density at radius 3 is 2.71 bits per heavy atom. The molecule has 8 heteroatoms. The number of carbonyl (C=O) groups excluding carboxylic acids is 2. The van der Waals surface area contributed by atoms with Crippen LogP contribution in [0.1, 0.15) is 25.7 Å². The van der Waals surface area contributed by atoms with E-state index in [0.717, 1.165) is 12.8 Å². The summed E-state index contributed by atoms with van der Waals surface area (Å²) >= 11 is 5.81. The lowest BCUT2D eigenvalue weighted by molar-refractivity contribution is -0.121. The van der Waals surface area contributed by atoms with Gasteiger partial charge in [-0.15, -0.1) is 4.91 Å². The summed E-state index contributed by atoms with van der Waals surface area (Å²) in [6.07, 6.45) is 2.40. The first-order chi connectivity index (χ1) is 10.1. The molecule has 0 bridgehead atoms. The second-order valence-electron chi connectivity index (χ2n) is 4.33. The number of nitrogens with zero attached hydrogens (tertiary/aromatic N) is 1. The van der Waals surface area contributed by atoms with Crippen molar-refractivity contribution in [3.05, 3.63) is 34.2 Å². The minimum absolute atomic E-state index is 0.250. The van der Waals surface area contributed by atoms with Crippen LogP contribution in [0.25, 0.3) is 0 Å². The van der Waals surface area contributed by atoms with Gasteiger partial charge < -0.3 is 10.6 Å². The smallest absolute Gasteiger partial charge is 0.319 e. The molecule has 0 aliphatic rings. The highest BCUT2D eigenvalue weighted by Crippen LogP contribution is 2.14. The van der Waals surface area contributed by atoms with Gasteiger partial charge in [-0.2, -0.15) is 0 Å². The third kappa shape index (κ3) is 7.88. The van der Waals surface area contributed by atoms with E-state index in [0.29, 0.717) is 23.7 Å². The second-order valence-corrected chi connectivity index (χ2v) is 4.76. The first-order valence-corrected chi connectivity index (χ1v) is 6.91. The highest BCUT2D eigenvalue weighted by Gasteiger charge is 2.02. The van der Waals surface area contributed by atoms with Crippen LogP contribution in [0.5, 0.6) is 0 Å². The average Bonchev–Trinajstić information content (AvgIpc) is 2.43. The fraction of sp³-hybridized carbons (Fsp3) is 0.385. The molecule has 0 aliphatic heterocycles. The van der Waals surface area contributed by atoms with Crippen LogP contribution in [0.4, 0.5) is 10.5 Å². The maximum absolute atomic E-state index is 11.6. The van der Waals surface area contributed by atoms with Gasteiger partial charge in [0.05, 0.1) is 5.29 Å². The molecule has 0 fully saturated rings. The summed E-state index contributed by atoms with van der Waals surface area (Å²) in [5, 5.41) is 8.21. The van der Waals surface area contributed by atoms with Gasteiger partial charge in [-0.3, -0.25) is 4.79 Å². The molecule has 0 aromatic heterocycles. The van der Waals surface area contributed by atoms with E-state index in [1.54, 1.807) is 24.3 Å². The van der Waals surface area contributed by atoms with Crippen molar-refractivity contribution in [2.75, 3.05) is 11.9 Å². The molecule has 0 saturated carbocycles. The van der Waals surface area contributed by atoms with E-state index in [1.807, 2.05) is 5.43 Å². The van der Waals surface area contributed by atoms with Crippen LogP contribution < -0.4 is 16.1 Å². The lowest BCUT2D eigenvalue weighted by Crippen LogP contribution is -2.29. The number of anilines is 1. The van der Waals surface area contributed by atoms with Gasteiger partial charge in [-0.1, -0.05) is 24.1 Å². The highest BCUT2D eigenvalue weighted by molar-refractivity contribution is 6.30. The number of hydrogen-bond acceptors (Lipinski definition) is 4. The lowest BCUT2D eigenvalue weighted by Gasteiger charge is -2.07. The summed E-state index contributed by atoms with van der Waals surface area (Å²) in [5.41, 5.74) is 2.45. The van der Waals surface area contributed by atoms with Crippen molar-refractivity contribution in [3.8, 4) is 0 Å². The quantitative estimate of drug-likeness (QED) is 0.391. The third-order valence-electron chi connectivity index (χ3n) is 2.62. The molecule has 0 aliphatic carbocycles. The molecule has 3 amide bonds. The van der Waals surface area contributed by atoms with Gasteiger partial charge in [-0.25, -0.2) is 10.2 Å². The van der Waals surface area contributed by atoms with Crippen LogP contribution in [-0.2, 0) is 4.79 Å². The van der Waals surface area contributed by atoms with Gasteiger partial charge in [0.1, 0.15) is 0 Å². The second kappa shape index (κ2) is 9.71. The molecule has 3 N–H and O–H groups in total. The molecule has 7 nitrogen and oxygen atoms in total. The summed E-state index contributed by atoms with van der Waals surface area (Å²) in [7, 11) is 0. The number of unbranched alkanes of at least 4 members (excludes halogenated alkanes) is 2. The lowest BCUT2D eigenvalue weighted by atomic mass is 10.2. The molecule has 1 rings (SSSR count). The number of nitroso groups, excluding NO2 is 1. The molecule has 0 unspecified atom stereocenters. The van der Waals surface area contributed by atoms with E-state index in [2.05, 4.69) is 15.9 Å². The Kier molecular flexibility index (Phi) is 7.81. The number of benzene rings is 1. The van der Waals surface area contributed by atoms with Crippen LogP contribution >= 0.6 is 11.6 Å². The number of amides is 3. The molecule has 114 valence electrons. The van der Waals surface area contributed by atoms with Gasteiger partial charge >= 0.3 is 6.03 Å². The number of urea groups is 1. The van der Waals surface area contributed by atoms with Crippen LogP contribution in [0.15, 0.2) is 29.6 Å². The van der Waals surface area contributed by atoms with E-state index in [-0.39, 0.29) is 12.5 Å². The van der Waals surface area contributed by atoms with Crippen LogP contribution in [0.3, 0.4) is 0 Å². The molecule has 0 spiro atoms. The Morgan fingerprint density at radius 1 is 1.19 bits per heavy atom. The van der Waals surface area contributed by atoms with Crippen molar-refractivity contribution < 1.29 is 9.59 Å². The molecule has 0 radical (unpaired) electrons. The Bertz CT molecular complexity index is 496. The van der Waals surface area contributed by atoms with Gasteiger partial charge in [-0.05, 0) is 31.0 Å². The topological polar surface area (TPSA) is 99.7 Å². The van der Waals surface area contributed by atoms with Crippen LogP contribution in [-0.4, -0.2) is 18.5 Å². The molecule has 0 heterocycles. The van der Waals surface area contributed by atoms with E-state index < -0.39 is 5.91 Å². The third-order valence-corrected chi connectivity index (χ3v) is 2.85. The summed E-state index contributed by atoms with van der Waals surface area (Å²) in [6, 6.07) is 6.56. The molecule has 0 saturated heterocycles. The predicted octanol–water partition coefficient (Wildman–Crippen LogP) is 2.82. The number of hydrogen-bond donors (Lipinski definition) is 3. The summed E-state index contributed by atoms with van der Waals surface area (Å²) in [5.74, 6) is -0.392. The SMILES string of the molecule is O=NNC(=O)CCCCCNC(=O)Nc1cccc(Cl)c1. The molecule has 1 aromatic rings. The number of rotatable bonds is 8. The summed E-state index contributed by atoms with van der Waals surface area (Å²) in [4.78, 5) is 32.2. The van der Waals surface area contributed by atoms with Crippen molar-refractivity contribution in [1.82, 2.24) is 10.7 Å². The van der Waals surface area contributed by atoms with Crippen LogP contribution in [0, 0.1) is 4.91 Å². The van der Waals surface area contributed by atoms with E-state index in [4.69, 9.17) is 11.6 Å². The first-order valence-electron chi connectivity index (χ1n) is 6.53. The van der Waals surface area contributed by atoms with Crippen molar-refractivity contribution in [1.29, 1.82) is 0 Å². The van der Waals surface area contributed by atoms with E-state index in [1.165, 1.54) is 0 Å². The zero-order valence-electron chi connectivity index (χ0n) is 11.4. The Labute approximate surface area is 127 Å².